The second-order valence-electron chi connectivity index (χ2n) is 7.26. The first-order valence-corrected chi connectivity index (χ1v) is 12.2. The van der Waals surface area contributed by atoms with Crippen molar-refractivity contribution >= 4 is 69.4 Å². The Bertz CT molecular complexity index is 1280. The largest absolute Gasteiger partial charge is 0.490 e. The topological polar surface area (TPSA) is 67.9 Å². The average Bonchev–Trinajstić information content (AvgIpc) is 3.09. The maximum absolute atomic E-state index is 12.9. The number of nitrogens with zero attached hydrogens (tertiary/aromatic N) is 1. The second-order valence-corrected chi connectivity index (χ2v) is 9.27. The van der Waals surface area contributed by atoms with Crippen LogP contribution in [0.15, 0.2) is 66.2 Å². The Balaban J connectivity index is 1.61. The number of carbonyl (C=O) groups excluding carboxylic acids is 2. The van der Waals surface area contributed by atoms with Gasteiger partial charge in [-0.2, -0.15) is 0 Å². The Morgan fingerprint density at radius 1 is 1.03 bits per heavy atom. The molecule has 0 bridgehead atoms. The molecule has 0 saturated carbocycles. The van der Waals surface area contributed by atoms with E-state index >= 15 is 0 Å². The van der Waals surface area contributed by atoms with Gasteiger partial charge in [0.2, 0.25) is 0 Å². The number of carbonyl (C=O) groups is 2. The van der Waals surface area contributed by atoms with Gasteiger partial charge in [0.25, 0.3) is 11.8 Å². The van der Waals surface area contributed by atoms with Crippen molar-refractivity contribution in [3.63, 3.8) is 0 Å². The van der Waals surface area contributed by atoms with Crippen molar-refractivity contribution in [1.82, 2.24) is 5.43 Å². The van der Waals surface area contributed by atoms with Gasteiger partial charge in [0.05, 0.1) is 15.9 Å². The zero-order chi connectivity index (χ0) is 24.2. The lowest BCUT2D eigenvalue weighted by atomic mass is 10.1. The number of ether oxygens (including phenoxy) is 2. The minimum absolute atomic E-state index is 0.0312. The van der Waals surface area contributed by atoms with Crippen LogP contribution in [0.2, 0.25) is 10.0 Å². The molecule has 0 spiro atoms. The van der Waals surface area contributed by atoms with Crippen molar-refractivity contribution < 1.29 is 19.1 Å². The second kappa shape index (κ2) is 10.7. The van der Waals surface area contributed by atoms with E-state index in [1.807, 2.05) is 19.1 Å². The van der Waals surface area contributed by atoms with Crippen molar-refractivity contribution in [2.45, 2.75) is 13.5 Å². The third-order valence-corrected chi connectivity index (χ3v) is 6.32. The van der Waals surface area contributed by atoms with E-state index in [0.29, 0.717) is 39.4 Å². The average molecular weight is 609 g/mol. The molecule has 0 radical (unpaired) electrons. The molecule has 0 atom stereocenters. The van der Waals surface area contributed by atoms with Gasteiger partial charge in [-0.15, -0.1) is 0 Å². The summed E-state index contributed by atoms with van der Waals surface area (Å²) in [6.07, 6.45) is 1.55. The first kappa shape index (κ1) is 24.4. The van der Waals surface area contributed by atoms with E-state index in [4.69, 9.17) is 32.7 Å². The lowest BCUT2D eigenvalue weighted by Crippen LogP contribution is -2.35. The van der Waals surface area contributed by atoms with Gasteiger partial charge in [-0.1, -0.05) is 47.5 Å². The highest BCUT2D eigenvalue weighted by Gasteiger charge is 2.34. The zero-order valence-electron chi connectivity index (χ0n) is 18.0. The molecule has 9 heteroatoms. The number of rotatable bonds is 7. The van der Waals surface area contributed by atoms with Crippen molar-refractivity contribution in [1.29, 1.82) is 0 Å². The molecule has 4 rings (SSSR count). The van der Waals surface area contributed by atoms with E-state index in [9.17, 15) is 9.59 Å². The van der Waals surface area contributed by atoms with E-state index in [1.165, 1.54) is 5.01 Å². The molecule has 174 valence electrons. The Morgan fingerprint density at radius 2 is 1.79 bits per heavy atom. The Morgan fingerprint density at radius 3 is 2.50 bits per heavy atom. The highest BCUT2D eigenvalue weighted by Crippen LogP contribution is 2.36. The van der Waals surface area contributed by atoms with Gasteiger partial charge in [0.15, 0.2) is 11.5 Å². The Hall–Kier alpha value is -2.75. The smallest absolute Gasteiger partial charge is 0.282 e. The molecule has 1 fully saturated rings. The van der Waals surface area contributed by atoms with Crippen LogP contribution in [0.5, 0.6) is 11.5 Å². The number of para-hydroxylation sites is 1. The number of hydrogen-bond donors (Lipinski definition) is 1. The predicted octanol–water partition coefficient (Wildman–Crippen LogP) is 6.04. The lowest BCUT2D eigenvalue weighted by Gasteiger charge is -2.15. The molecule has 1 aliphatic heterocycles. The molecule has 3 aromatic carbocycles. The number of hydrogen-bond acceptors (Lipinski definition) is 4. The Kier molecular flexibility index (Phi) is 7.65. The number of nitrogens with one attached hydrogen (secondary N) is 1. The normalized spacial score (nSPS) is 14.5. The summed E-state index contributed by atoms with van der Waals surface area (Å²) in [5, 5.41) is 2.29. The van der Waals surface area contributed by atoms with E-state index in [1.54, 1.807) is 54.6 Å². The number of amides is 2. The fraction of sp³-hybridized carbons (Fsp3) is 0.120. The molecule has 6 nitrogen and oxygen atoms in total. The molecular formula is C25H19Cl2IN2O4. The molecule has 1 heterocycles. The van der Waals surface area contributed by atoms with Crippen LogP contribution in [-0.4, -0.2) is 18.4 Å². The first-order chi connectivity index (χ1) is 16.4. The molecular weight excluding hydrogens is 590 g/mol. The van der Waals surface area contributed by atoms with Crippen LogP contribution in [0.1, 0.15) is 18.1 Å². The molecule has 0 aliphatic carbocycles. The van der Waals surface area contributed by atoms with Gasteiger partial charge >= 0.3 is 0 Å². The van der Waals surface area contributed by atoms with E-state index in [0.717, 1.165) is 9.13 Å². The van der Waals surface area contributed by atoms with Crippen molar-refractivity contribution in [3.8, 4) is 11.5 Å². The van der Waals surface area contributed by atoms with Crippen LogP contribution >= 0.6 is 45.8 Å². The minimum atomic E-state index is -0.473. The first-order valence-electron chi connectivity index (χ1n) is 10.3. The maximum atomic E-state index is 12.9. The molecule has 34 heavy (non-hydrogen) atoms. The molecule has 1 N–H and O–H groups in total. The number of benzene rings is 3. The van der Waals surface area contributed by atoms with Crippen LogP contribution < -0.4 is 19.9 Å². The lowest BCUT2D eigenvalue weighted by molar-refractivity contribution is -0.117. The number of halogens is 3. The maximum Gasteiger partial charge on any atom is 0.282 e. The monoisotopic (exact) mass is 608 g/mol. The SMILES string of the molecule is CCOc1cc(/C=C2/C(=O)NN(c3ccccc3)C2=O)cc(I)c1OCc1ccc(Cl)cc1Cl. The minimum Gasteiger partial charge on any atom is -0.490 e. The van der Waals surface area contributed by atoms with Crippen LogP contribution in [0.4, 0.5) is 5.69 Å². The van der Waals surface area contributed by atoms with E-state index in [-0.39, 0.29) is 12.2 Å². The van der Waals surface area contributed by atoms with Crippen molar-refractivity contribution in [2.75, 3.05) is 11.6 Å². The van der Waals surface area contributed by atoms with E-state index in [2.05, 4.69) is 28.0 Å². The fourth-order valence-corrected chi connectivity index (χ4v) is 4.59. The summed E-state index contributed by atoms with van der Waals surface area (Å²) in [6, 6.07) is 17.7. The third-order valence-electron chi connectivity index (χ3n) is 4.94. The standard InChI is InChI=1S/C25H19Cl2IN2O4/c1-2-33-22-12-15(10-19-24(31)29-30(25(19)32)18-6-4-3-5-7-18)11-21(28)23(22)34-14-16-8-9-17(26)13-20(16)27/h3-13H,2,14H2,1H3,(H,29,31)/b19-10-. The summed E-state index contributed by atoms with van der Waals surface area (Å²) in [5.41, 5.74) is 4.63. The van der Waals surface area contributed by atoms with Gasteiger partial charge in [0, 0.05) is 15.6 Å². The summed E-state index contributed by atoms with van der Waals surface area (Å²) in [5.74, 6) is 0.141. The molecule has 3 aromatic rings. The zero-order valence-corrected chi connectivity index (χ0v) is 21.6. The van der Waals surface area contributed by atoms with Gasteiger partial charge in [-0.25, -0.2) is 5.01 Å². The van der Waals surface area contributed by atoms with Crippen LogP contribution in [0.25, 0.3) is 6.08 Å². The van der Waals surface area contributed by atoms with Gasteiger partial charge < -0.3 is 9.47 Å². The van der Waals surface area contributed by atoms with Crippen LogP contribution in [0, 0.1) is 3.57 Å². The summed E-state index contributed by atoms with van der Waals surface area (Å²) < 4.78 is 12.6. The summed E-state index contributed by atoms with van der Waals surface area (Å²) in [4.78, 5) is 25.4. The van der Waals surface area contributed by atoms with Crippen LogP contribution in [0.3, 0.4) is 0 Å². The molecule has 0 unspecified atom stereocenters. The summed E-state index contributed by atoms with van der Waals surface area (Å²) in [7, 11) is 0. The van der Waals surface area contributed by atoms with Gasteiger partial charge in [0.1, 0.15) is 12.2 Å². The van der Waals surface area contributed by atoms with Crippen molar-refractivity contribution in [2.24, 2.45) is 0 Å². The van der Waals surface area contributed by atoms with Crippen LogP contribution in [-0.2, 0) is 16.2 Å². The predicted molar refractivity (Wildman–Crippen MR) is 141 cm³/mol. The summed E-state index contributed by atoms with van der Waals surface area (Å²) >= 11 is 14.4. The summed E-state index contributed by atoms with van der Waals surface area (Å²) in [6.45, 7) is 2.50. The quantitative estimate of drug-likeness (QED) is 0.202. The molecule has 1 saturated heterocycles. The number of anilines is 1. The number of hydrazine groups is 1. The van der Waals surface area contributed by atoms with Gasteiger partial charge in [-0.05, 0) is 77.6 Å². The van der Waals surface area contributed by atoms with Gasteiger partial charge in [-0.3, -0.25) is 15.0 Å². The molecule has 0 aromatic heterocycles. The van der Waals surface area contributed by atoms with Crippen molar-refractivity contribution in [3.05, 3.63) is 91.0 Å². The highest BCUT2D eigenvalue weighted by molar-refractivity contribution is 14.1. The highest BCUT2D eigenvalue weighted by atomic mass is 127. The van der Waals surface area contributed by atoms with E-state index < -0.39 is 11.8 Å². The Labute approximate surface area is 220 Å². The third kappa shape index (κ3) is 5.32. The fourth-order valence-electron chi connectivity index (χ4n) is 3.35. The molecule has 1 aliphatic rings. The molecule has 2 amide bonds.